The van der Waals surface area contributed by atoms with E-state index in [2.05, 4.69) is 21.2 Å². The number of nitrogens with one attached hydrogen (secondary N) is 1. The van der Waals surface area contributed by atoms with Crippen LogP contribution in [0.25, 0.3) is 0 Å². The molecule has 2 aromatic rings. The van der Waals surface area contributed by atoms with Gasteiger partial charge in [-0.05, 0) is 35.9 Å². The summed E-state index contributed by atoms with van der Waals surface area (Å²) in [5.41, 5.74) is 1.17. The zero-order valence-electron chi connectivity index (χ0n) is 10.9. The summed E-state index contributed by atoms with van der Waals surface area (Å²) in [6.07, 6.45) is 0. The van der Waals surface area contributed by atoms with Crippen molar-refractivity contribution in [2.75, 3.05) is 7.11 Å². The Balaban J connectivity index is 2.06. The van der Waals surface area contributed by atoms with Crippen LogP contribution in [0.1, 0.15) is 15.9 Å². The number of hydrogen-bond donors (Lipinski definition) is 2. The van der Waals surface area contributed by atoms with Crippen molar-refractivity contribution in [3.63, 3.8) is 0 Å². The molecule has 0 saturated heterocycles. The highest BCUT2D eigenvalue weighted by molar-refractivity contribution is 9.10. The maximum atomic E-state index is 12.0. The lowest BCUT2D eigenvalue weighted by atomic mass is 10.1. The van der Waals surface area contributed by atoms with E-state index in [4.69, 9.17) is 4.74 Å². The van der Waals surface area contributed by atoms with Crippen LogP contribution in [-0.2, 0) is 6.54 Å². The van der Waals surface area contributed by atoms with E-state index in [1.807, 2.05) is 24.3 Å². The topological polar surface area (TPSA) is 58.6 Å². The summed E-state index contributed by atoms with van der Waals surface area (Å²) in [4.78, 5) is 12.0. The van der Waals surface area contributed by atoms with Crippen molar-refractivity contribution in [2.24, 2.45) is 0 Å². The normalized spacial score (nSPS) is 10.1. The Labute approximate surface area is 125 Å². The highest BCUT2D eigenvalue weighted by atomic mass is 79.9. The van der Waals surface area contributed by atoms with E-state index >= 15 is 0 Å². The third kappa shape index (κ3) is 3.51. The van der Waals surface area contributed by atoms with Crippen molar-refractivity contribution in [2.45, 2.75) is 6.54 Å². The number of ether oxygens (including phenoxy) is 1. The quantitative estimate of drug-likeness (QED) is 0.902. The lowest BCUT2D eigenvalue weighted by Gasteiger charge is -2.08. The van der Waals surface area contributed by atoms with E-state index in [-0.39, 0.29) is 17.2 Å². The van der Waals surface area contributed by atoms with Gasteiger partial charge in [0, 0.05) is 11.0 Å². The first-order valence-electron chi connectivity index (χ1n) is 6.00. The molecule has 0 unspecified atom stereocenters. The minimum Gasteiger partial charge on any atom is -0.507 e. The predicted molar refractivity (Wildman–Crippen MR) is 80.0 cm³/mol. The van der Waals surface area contributed by atoms with Crippen molar-refractivity contribution >= 4 is 21.8 Å². The number of carbonyl (C=O) groups excluding carboxylic acids is 1. The minimum absolute atomic E-state index is 0.0703. The smallest absolute Gasteiger partial charge is 0.255 e. The van der Waals surface area contributed by atoms with Crippen LogP contribution in [-0.4, -0.2) is 18.1 Å². The summed E-state index contributed by atoms with van der Waals surface area (Å²) >= 11 is 3.35. The van der Waals surface area contributed by atoms with Crippen LogP contribution in [0.5, 0.6) is 11.5 Å². The second-order valence-electron chi connectivity index (χ2n) is 4.19. The lowest BCUT2D eigenvalue weighted by molar-refractivity contribution is 0.0948. The van der Waals surface area contributed by atoms with Gasteiger partial charge in [-0.25, -0.2) is 0 Å². The molecule has 20 heavy (non-hydrogen) atoms. The van der Waals surface area contributed by atoms with Gasteiger partial charge in [0.05, 0.1) is 12.7 Å². The fraction of sp³-hybridized carbons (Fsp3) is 0.133. The highest BCUT2D eigenvalue weighted by Crippen LogP contribution is 2.22. The van der Waals surface area contributed by atoms with E-state index < -0.39 is 0 Å². The predicted octanol–water partition coefficient (Wildman–Crippen LogP) is 3.09. The van der Waals surface area contributed by atoms with E-state index in [1.165, 1.54) is 19.2 Å². The molecular formula is C15H14BrNO3. The molecule has 2 aromatic carbocycles. The highest BCUT2D eigenvalue weighted by Gasteiger charge is 2.12. The van der Waals surface area contributed by atoms with Gasteiger partial charge in [0.15, 0.2) is 0 Å². The van der Waals surface area contributed by atoms with Crippen molar-refractivity contribution in [1.29, 1.82) is 0 Å². The molecule has 1 amide bonds. The molecule has 0 spiro atoms. The number of carbonyl (C=O) groups is 1. The Morgan fingerprint density at radius 2 is 1.95 bits per heavy atom. The van der Waals surface area contributed by atoms with Crippen LogP contribution in [0.3, 0.4) is 0 Å². The summed E-state index contributed by atoms with van der Waals surface area (Å²) in [6, 6.07) is 12.2. The zero-order chi connectivity index (χ0) is 14.5. The van der Waals surface area contributed by atoms with Crippen molar-refractivity contribution < 1.29 is 14.6 Å². The molecule has 0 aliphatic rings. The fourth-order valence-electron chi connectivity index (χ4n) is 1.70. The average Bonchev–Trinajstić information content (AvgIpc) is 2.47. The van der Waals surface area contributed by atoms with Crippen molar-refractivity contribution in [3.05, 3.63) is 58.1 Å². The summed E-state index contributed by atoms with van der Waals surface area (Å²) in [7, 11) is 1.51. The van der Waals surface area contributed by atoms with Crippen molar-refractivity contribution in [3.8, 4) is 11.5 Å². The number of hydrogen-bond acceptors (Lipinski definition) is 3. The molecular weight excluding hydrogens is 322 g/mol. The standard InChI is InChI=1S/C15H14BrNO3/c1-20-12-6-7-14(18)13(8-12)15(19)17-9-10-2-4-11(16)5-3-10/h2-8,18H,9H2,1H3,(H,17,19). The first-order valence-corrected chi connectivity index (χ1v) is 6.79. The monoisotopic (exact) mass is 335 g/mol. The molecule has 0 bridgehead atoms. The minimum atomic E-state index is -0.343. The first-order chi connectivity index (χ1) is 9.60. The van der Waals surface area contributed by atoms with Gasteiger partial charge in [-0.2, -0.15) is 0 Å². The number of phenolic OH excluding ortho intramolecular Hbond substituents is 1. The van der Waals surface area contributed by atoms with E-state index in [0.717, 1.165) is 10.0 Å². The number of methoxy groups -OCH3 is 1. The molecule has 5 heteroatoms. The average molecular weight is 336 g/mol. The maximum Gasteiger partial charge on any atom is 0.255 e. The molecule has 0 aromatic heterocycles. The number of rotatable bonds is 4. The molecule has 0 saturated carbocycles. The van der Waals surface area contributed by atoms with Gasteiger partial charge in [0.25, 0.3) is 5.91 Å². The molecule has 0 heterocycles. The van der Waals surface area contributed by atoms with E-state index in [1.54, 1.807) is 6.07 Å². The number of halogens is 1. The molecule has 0 aliphatic carbocycles. The molecule has 2 rings (SSSR count). The molecule has 2 N–H and O–H groups in total. The van der Waals surface area contributed by atoms with Crippen LogP contribution in [0.4, 0.5) is 0 Å². The SMILES string of the molecule is COc1ccc(O)c(C(=O)NCc2ccc(Br)cc2)c1. The first kappa shape index (κ1) is 14.4. The number of aromatic hydroxyl groups is 1. The van der Waals surface area contributed by atoms with Crippen LogP contribution in [0.15, 0.2) is 46.9 Å². The largest absolute Gasteiger partial charge is 0.507 e. The van der Waals surface area contributed by atoms with Gasteiger partial charge in [0.2, 0.25) is 0 Å². The van der Waals surface area contributed by atoms with Gasteiger partial charge in [-0.3, -0.25) is 4.79 Å². The van der Waals surface area contributed by atoms with Crippen LogP contribution in [0, 0.1) is 0 Å². The molecule has 0 radical (unpaired) electrons. The van der Waals surface area contributed by atoms with Crippen molar-refractivity contribution in [1.82, 2.24) is 5.32 Å². The van der Waals surface area contributed by atoms with Crippen LogP contribution >= 0.6 is 15.9 Å². The van der Waals surface area contributed by atoms with Gasteiger partial charge >= 0.3 is 0 Å². The lowest BCUT2D eigenvalue weighted by Crippen LogP contribution is -2.22. The Bertz CT molecular complexity index is 611. The van der Waals surface area contributed by atoms with Crippen LogP contribution < -0.4 is 10.1 Å². The summed E-state index contributed by atoms with van der Waals surface area (Å²) in [5.74, 6) is 0.111. The summed E-state index contributed by atoms with van der Waals surface area (Å²) < 4.78 is 6.02. The molecule has 104 valence electrons. The molecule has 4 nitrogen and oxygen atoms in total. The molecule has 0 atom stereocenters. The molecule has 0 aliphatic heterocycles. The fourth-order valence-corrected chi connectivity index (χ4v) is 1.97. The number of amides is 1. The van der Waals surface area contributed by atoms with Gasteiger partial charge < -0.3 is 15.2 Å². The third-order valence-corrected chi connectivity index (χ3v) is 3.34. The third-order valence-electron chi connectivity index (χ3n) is 2.81. The van der Waals surface area contributed by atoms with Gasteiger partial charge in [0.1, 0.15) is 11.5 Å². The van der Waals surface area contributed by atoms with Crippen LogP contribution in [0.2, 0.25) is 0 Å². The number of phenols is 1. The second kappa shape index (κ2) is 6.43. The van der Waals surface area contributed by atoms with E-state index in [9.17, 15) is 9.90 Å². The summed E-state index contributed by atoms with van der Waals surface area (Å²) in [5, 5.41) is 12.5. The second-order valence-corrected chi connectivity index (χ2v) is 5.11. The van der Waals surface area contributed by atoms with E-state index in [0.29, 0.717) is 12.3 Å². The van der Waals surface area contributed by atoms with Gasteiger partial charge in [-0.15, -0.1) is 0 Å². The Hall–Kier alpha value is -2.01. The Morgan fingerprint density at radius 1 is 1.25 bits per heavy atom. The summed E-state index contributed by atoms with van der Waals surface area (Å²) in [6.45, 7) is 0.392. The molecule has 0 fully saturated rings. The van der Waals surface area contributed by atoms with Gasteiger partial charge in [-0.1, -0.05) is 28.1 Å². The zero-order valence-corrected chi connectivity index (χ0v) is 12.5. The maximum absolute atomic E-state index is 12.0. The number of benzene rings is 2. The Kier molecular flexibility index (Phi) is 4.63. The Morgan fingerprint density at radius 3 is 2.60 bits per heavy atom.